The standard InChI is InChI=1S/C10H20N4S2/c1-7(2)5-8(6-14(3)4)11-9-12-13-10(15)16-9/h7-8H,5-6H2,1-4H3,(H,11,12)(H,13,15). The average molecular weight is 260 g/mol. The van der Waals surface area contributed by atoms with Gasteiger partial charge < -0.3 is 10.2 Å². The Bertz CT molecular complexity index is 346. The van der Waals surface area contributed by atoms with Gasteiger partial charge in [0.2, 0.25) is 5.13 Å². The fourth-order valence-electron chi connectivity index (χ4n) is 1.66. The highest BCUT2D eigenvalue weighted by molar-refractivity contribution is 7.73. The largest absolute Gasteiger partial charge is 0.356 e. The Kier molecular flexibility index (Phi) is 5.37. The predicted octanol–water partition coefficient (Wildman–Crippen LogP) is 2.59. The number of nitrogens with zero attached hydrogens (tertiary/aromatic N) is 2. The SMILES string of the molecule is CC(C)CC(CN(C)C)Nc1n[nH]c(=S)s1. The van der Waals surface area contributed by atoms with E-state index in [0.717, 1.165) is 22.1 Å². The van der Waals surface area contributed by atoms with E-state index in [1.54, 1.807) is 0 Å². The Labute approximate surface area is 106 Å². The molecule has 2 N–H and O–H groups in total. The average Bonchev–Trinajstić information content (AvgIpc) is 2.48. The second-order valence-electron chi connectivity index (χ2n) is 4.65. The van der Waals surface area contributed by atoms with Crippen molar-refractivity contribution in [1.82, 2.24) is 15.1 Å². The van der Waals surface area contributed by atoms with Crippen LogP contribution in [0, 0.1) is 9.87 Å². The molecule has 0 aliphatic rings. The Morgan fingerprint density at radius 3 is 2.62 bits per heavy atom. The van der Waals surface area contributed by atoms with E-state index >= 15 is 0 Å². The van der Waals surface area contributed by atoms with Crippen molar-refractivity contribution >= 4 is 28.7 Å². The minimum atomic E-state index is 0.420. The third kappa shape index (κ3) is 5.05. The van der Waals surface area contributed by atoms with Crippen molar-refractivity contribution in [1.29, 1.82) is 0 Å². The second-order valence-corrected chi connectivity index (χ2v) is 6.32. The van der Waals surface area contributed by atoms with Crippen molar-refractivity contribution in [2.24, 2.45) is 5.92 Å². The van der Waals surface area contributed by atoms with Crippen LogP contribution in [-0.2, 0) is 0 Å². The van der Waals surface area contributed by atoms with E-state index < -0.39 is 0 Å². The highest BCUT2D eigenvalue weighted by Gasteiger charge is 2.13. The molecule has 1 unspecified atom stereocenters. The molecule has 0 amide bonds. The molecule has 4 nitrogen and oxygen atoms in total. The fourth-order valence-corrected chi connectivity index (χ4v) is 2.52. The monoisotopic (exact) mass is 260 g/mol. The molecule has 1 aromatic heterocycles. The molecule has 0 aromatic carbocycles. The van der Waals surface area contributed by atoms with Gasteiger partial charge in [0, 0.05) is 12.6 Å². The summed E-state index contributed by atoms with van der Waals surface area (Å²) in [6, 6.07) is 0.420. The van der Waals surface area contributed by atoms with Gasteiger partial charge >= 0.3 is 0 Å². The molecule has 1 atom stereocenters. The van der Waals surface area contributed by atoms with Crippen molar-refractivity contribution in [2.45, 2.75) is 26.3 Å². The third-order valence-electron chi connectivity index (χ3n) is 2.11. The summed E-state index contributed by atoms with van der Waals surface area (Å²) < 4.78 is 0.718. The molecule has 0 saturated heterocycles. The Hall–Kier alpha value is -0.460. The van der Waals surface area contributed by atoms with Gasteiger partial charge in [0.1, 0.15) is 0 Å². The van der Waals surface area contributed by atoms with E-state index in [4.69, 9.17) is 12.2 Å². The summed E-state index contributed by atoms with van der Waals surface area (Å²) in [6.45, 7) is 5.47. The lowest BCUT2D eigenvalue weighted by Crippen LogP contribution is -2.33. The van der Waals surface area contributed by atoms with E-state index in [1.807, 2.05) is 0 Å². The Morgan fingerprint density at radius 1 is 1.50 bits per heavy atom. The predicted molar refractivity (Wildman–Crippen MR) is 72.7 cm³/mol. The van der Waals surface area contributed by atoms with E-state index in [-0.39, 0.29) is 0 Å². The van der Waals surface area contributed by atoms with Crippen LogP contribution in [0.5, 0.6) is 0 Å². The first-order valence-corrected chi connectivity index (χ1v) is 6.66. The molecule has 1 aromatic rings. The van der Waals surface area contributed by atoms with Gasteiger partial charge in [0.05, 0.1) is 0 Å². The Balaban J connectivity index is 2.58. The third-order valence-corrected chi connectivity index (χ3v) is 3.13. The number of aromatic nitrogens is 2. The number of rotatable bonds is 6. The van der Waals surface area contributed by atoms with Crippen LogP contribution in [0.3, 0.4) is 0 Å². The summed E-state index contributed by atoms with van der Waals surface area (Å²) in [5, 5.41) is 11.2. The molecule has 92 valence electrons. The summed E-state index contributed by atoms with van der Waals surface area (Å²) in [7, 11) is 4.17. The molecular formula is C10H20N4S2. The summed E-state index contributed by atoms with van der Waals surface area (Å²) in [4.78, 5) is 2.19. The molecule has 1 rings (SSSR count). The molecular weight excluding hydrogens is 240 g/mol. The molecule has 1 heterocycles. The summed E-state index contributed by atoms with van der Waals surface area (Å²) in [5.41, 5.74) is 0. The van der Waals surface area contributed by atoms with Crippen LogP contribution in [0.25, 0.3) is 0 Å². The molecule has 0 fully saturated rings. The zero-order valence-corrected chi connectivity index (χ0v) is 11.9. The number of likely N-dealkylation sites (N-methyl/N-ethyl adjacent to an activating group) is 1. The van der Waals surface area contributed by atoms with Gasteiger partial charge in [0.15, 0.2) is 3.95 Å². The normalized spacial score (nSPS) is 13.4. The molecule has 0 radical (unpaired) electrons. The zero-order valence-electron chi connectivity index (χ0n) is 10.3. The van der Waals surface area contributed by atoms with Crippen LogP contribution in [0.2, 0.25) is 0 Å². The second kappa shape index (κ2) is 6.32. The van der Waals surface area contributed by atoms with Crippen LogP contribution in [0.4, 0.5) is 5.13 Å². The lowest BCUT2D eigenvalue weighted by Gasteiger charge is -2.23. The zero-order chi connectivity index (χ0) is 12.1. The van der Waals surface area contributed by atoms with Gasteiger partial charge in [-0.05, 0) is 38.7 Å². The van der Waals surface area contributed by atoms with Crippen LogP contribution in [0.1, 0.15) is 20.3 Å². The number of anilines is 1. The Morgan fingerprint density at radius 2 is 2.19 bits per heavy atom. The van der Waals surface area contributed by atoms with Gasteiger partial charge in [-0.25, -0.2) is 0 Å². The number of hydrogen-bond acceptors (Lipinski definition) is 5. The van der Waals surface area contributed by atoms with E-state index in [1.165, 1.54) is 11.3 Å². The molecule has 0 spiro atoms. The quantitative estimate of drug-likeness (QED) is 0.772. The van der Waals surface area contributed by atoms with E-state index in [9.17, 15) is 0 Å². The summed E-state index contributed by atoms with van der Waals surface area (Å²) >= 11 is 6.50. The van der Waals surface area contributed by atoms with E-state index in [2.05, 4.69) is 48.4 Å². The molecule has 0 aliphatic heterocycles. The summed E-state index contributed by atoms with van der Waals surface area (Å²) in [5.74, 6) is 0.671. The van der Waals surface area contributed by atoms with Crippen molar-refractivity contribution in [3.63, 3.8) is 0 Å². The minimum absolute atomic E-state index is 0.420. The van der Waals surface area contributed by atoms with Gasteiger partial charge in [-0.3, -0.25) is 5.10 Å². The first-order chi connectivity index (χ1) is 7.47. The number of nitrogens with one attached hydrogen (secondary N) is 2. The molecule has 0 aliphatic carbocycles. The first kappa shape index (κ1) is 13.6. The lowest BCUT2D eigenvalue weighted by molar-refractivity contribution is 0.356. The molecule has 0 bridgehead atoms. The lowest BCUT2D eigenvalue weighted by atomic mass is 10.0. The van der Waals surface area contributed by atoms with Crippen molar-refractivity contribution in [2.75, 3.05) is 26.0 Å². The van der Waals surface area contributed by atoms with Crippen molar-refractivity contribution in [3.8, 4) is 0 Å². The minimum Gasteiger partial charge on any atom is -0.356 e. The topological polar surface area (TPSA) is 44.0 Å². The maximum Gasteiger partial charge on any atom is 0.204 e. The highest BCUT2D eigenvalue weighted by Crippen LogP contribution is 2.16. The number of aromatic amines is 1. The van der Waals surface area contributed by atoms with Gasteiger partial charge in [0.25, 0.3) is 0 Å². The van der Waals surface area contributed by atoms with Gasteiger partial charge in [-0.2, -0.15) is 0 Å². The maximum atomic E-state index is 5.01. The first-order valence-electron chi connectivity index (χ1n) is 5.44. The smallest absolute Gasteiger partial charge is 0.204 e. The maximum absolute atomic E-state index is 5.01. The van der Waals surface area contributed by atoms with Crippen LogP contribution in [-0.4, -0.2) is 41.8 Å². The van der Waals surface area contributed by atoms with Gasteiger partial charge in [-0.1, -0.05) is 25.2 Å². The molecule has 16 heavy (non-hydrogen) atoms. The number of hydrogen-bond donors (Lipinski definition) is 2. The van der Waals surface area contributed by atoms with Crippen LogP contribution < -0.4 is 5.32 Å². The summed E-state index contributed by atoms with van der Waals surface area (Å²) in [6.07, 6.45) is 1.13. The number of H-pyrrole nitrogens is 1. The van der Waals surface area contributed by atoms with Crippen LogP contribution >= 0.6 is 23.6 Å². The highest BCUT2D eigenvalue weighted by atomic mass is 32.1. The van der Waals surface area contributed by atoms with Crippen molar-refractivity contribution < 1.29 is 0 Å². The molecule has 6 heteroatoms. The van der Waals surface area contributed by atoms with Gasteiger partial charge in [-0.15, -0.1) is 5.10 Å². The van der Waals surface area contributed by atoms with Crippen molar-refractivity contribution in [3.05, 3.63) is 3.95 Å². The fraction of sp³-hybridized carbons (Fsp3) is 0.800. The van der Waals surface area contributed by atoms with E-state index in [0.29, 0.717) is 12.0 Å². The molecule has 0 saturated carbocycles. The van der Waals surface area contributed by atoms with Crippen LogP contribution in [0.15, 0.2) is 0 Å².